The molecule has 0 radical (unpaired) electrons. The first kappa shape index (κ1) is 21.1. The van der Waals surface area contributed by atoms with Crippen LogP contribution in [0.2, 0.25) is 5.32 Å². The number of rotatable bonds is 9. The van der Waals surface area contributed by atoms with E-state index in [9.17, 15) is 0 Å². The first-order valence-corrected chi connectivity index (χ1v) is 11.4. The molecule has 0 aromatic heterocycles. The fourth-order valence-electron chi connectivity index (χ4n) is 3.26. The van der Waals surface area contributed by atoms with E-state index in [1.807, 2.05) is 30.3 Å². The molecule has 0 heterocycles. The Labute approximate surface area is 178 Å². The number of benzene rings is 3. The monoisotopic (exact) mass is 458 g/mol. The van der Waals surface area contributed by atoms with Crippen molar-refractivity contribution in [2.75, 3.05) is 28.4 Å². The third-order valence-electron chi connectivity index (χ3n) is 4.78. The molecule has 0 aliphatic heterocycles. The zero-order valence-electron chi connectivity index (χ0n) is 17.2. The van der Waals surface area contributed by atoms with E-state index in [0.717, 1.165) is 33.9 Å². The average molecular weight is 457 g/mol. The SMILES string of the molecule is COc1ccc([Se]CC(c2ccccc2)c2c(OC)cc(OC)cc2OC)cc1. The Morgan fingerprint density at radius 2 is 1.28 bits per heavy atom. The Hall–Kier alpha value is -2.62. The van der Waals surface area contributed by atoms with Gasteiger partial charge in [0.05, 0.1) is 0 Å². The number of ether oxygens (including phenoxy) is 4. The van der Waals surface area contributed by atoms with E-state index in [4.69, 9.17) is 18.9 Å². The summed E-state index contributed by atoms with van der Waals surface area (Å²) in [5, 5.41) is 0.975. The van der Waals surface area contributed by atoms with Gasteiger partial charge in [0.1, 0.15) is 0 Å². The second-order valence-electron chi connectivity index (χ2n) is 6.40. The molecule has 5 heteroatoms. The average Bonchev–Trinajstić information content (AvgIpc) is 2.80. The summed E-state index contributed by atoms with van der Waals surface area (Å²) < 4.78 is 23.5. The first-order valence-electron chi connectivity index (χ1n) is 9.31. The van der Waals surface area contributed by atoms with Crippen molar-refractivity contribution in [1.29, 1.82) is 0 Å². The summed E-state index contributed by atoms with van der Waals surface area (Å²) >= 11 is 0.267. The molecular formula is C24H26O4Se. The standard InChI is InChI=1S/C24H26O4Se/c1-25-18-10-12-20(13-11-18)29-16-21(17-8-6-5-7-9-17)24-22(27-3)14-19(26-2)15-23(24)28-4/h5-15,21H,16H2,1-4H3. The van der Waals surface area contributed by atoms with Gasteiger partial charge < -0.3 is 0 Å². The van der Waals surface area contributed by atoms with Crippen molar-refractivity contribution >= 4 is 19.4 Å². The molecule has 0 aliphatic rings. The summed E-state index contributed by atoms with van der Waals surface area (Å²) in [7, 11) is 6.71. The van der Waals surface area contributed by atoms with E-state index < -0.39 is 0 Å². The Balaban J connectivity index is 2.00. The maximum atomic E-state index is 5.75. The van der Waals surface area contributed by atoms with Gasteiger partial charge in [-0.1, -0.05) is 0 Å². The summed E-state index contributed by atoms with van der Waals surface area (Å²) in [5.41, 5.74) is 2.29. The maximum absolute atomic E-state index is 5.75. The van der Waals surface area contributed by atoms with E-state index in [1.165, 1.54) is 10.0 Å². The fourth-order valence-corrected chi connectivity index (χ4v) is 5.46. The van der Waals surface area contributed by atoms with Gasteiger partial charge in [0, 0.05) is 0 Å². The molecule has 0 N–H and O–H groups in total. The Bertz CT molecular complexity index is 885. The molecule has 0 amide bonds. The minimum absolute atomic E-state index is 0.147. The van der Waals surface area contributed by atoms with Crippen molar-refractivity contribution in [3.8, 4) is 23.0 Å². The van der Waals surface area contributed by atoms with Gasteiger partial charge in [-0.05, 0) is 0 Å². The molecule has 0 fully saturated rings. The Morgan fingerprint density at radius 1 is 0.690 bits per heavy atom. The summed E-state index contributed by atoms with van der Waals surface area (Å²) in [6.45, 7) is 0. The van der Waals surface area contributed by atoms with Crippen molar-refractivity contribution in [3.05, 3.63) is 77.9 Å². The van der Waals surface area contributed by atoms with Crippen LogP contribution in [-0.4, -0.2) is 43.4 Å². The van der Waals surface area contributed by atoms with Gasteiger partial charge in [-0.3, -0.25) is 0 Å². The van der Waals surface area contributed by atoms with Crippen LogP contribution in [0.25, 0.3) is 0 Å². The molecule has 4 nitrogen and oxygen atoms in total. The van der Waals surface area contributed by atoms with Crippen LogP contribution in [0, 0.1) is 0 Å². The number of methoxy groups -OCH3 is 4. The predicted octanol–water partition coefficient (Wildman–Crippen LogP) is 4.30. The van der Waals surface area contributed by atoms with E-state index in [1.54, 1.807) is 28.4 Å². The first-order chi connectivity index (χ1) is 14.2. The van der Waals surface area contributed by atoms with Crippen LogP contribution in [0.1, 0.15) is 17.0 Å². The van der Waals surface area contributed by atoms with Crippen molar-refractivity contribution in [2.45, 2.75) is 11.2 Å². The molecule has 3 aromatic rings. The van der Waals surface area contributed by atoms with E-state index in [0.29, 0.717) is 0 Å². The quantitative estimate of drug-likeness (QED) is 0.449. The van der Waals surface area contributed by atoms with Crippen molar-refractivity contribution in [3.63, 3.8) is 0 Å². The molecule has 1 unspecified atom stereocenters. The van der Waals surface area contributed by atoms with E-state index in [-0.39, 0.29) is 20.9 Å². The van der Waals surface area contributed by atoms with Crippen LogP contribution in [0.4, 0.5) is 0 Å². The van der Waals surface area contributed by atoms with Crippen LogP contribution >= 0.6 is 0 Å². The molecule has 29 heavy (non-hydrogen) atoms. The molecule has 1 atom stereocenters. The minimum atomic E-state index is 0.147. The van der Waals surface area contributed by atoms with Crippen molar-refractivity contribution in [2.24, 2.45) is 0 Å². The Morgan fingerprint density at radius 3 is 1.79 bits per heavy atom. The molecule has 0 saturated heterocycles. The molecule has 0 spiro atoms. The van der Waals surface area contributed by atoms with E-state index in [2.05, 4.69) is 36.4 Å². The van der Waals surface area contributed by atoms with Crippen molar-refractivity contribution in [1.82, 2.24) is 0 Å². The van der Waals surface area contributed by atoms with Gasteiger partial charge in [0.25, 0.3) is 0 Å². The van der Waals surface area contributed by atoms with Crippen LogP contribution in [0.3, 0.4) is 0 Å². The molecule has 3 rings (SSSR count). The summed E-state index contributed by atoms with van der Waals surface area (Å²) in [6.07, 6.45) is 0. The summed E-state index contributed by atoms with van der Waals surface area (Å²) in [6, 6.07) is 22.7. The fraction of sp³-hybridized carbons (Fsp3) is 0.250. The number of hydrogen-bond donors (Lipinski definition) is 0. The molecule has 0 saturated carbocycles. The number of hydrogen-bond acceptors (Lipinski definition) is 4. The summed E-state index contributed by atoms with van der Waals surface area (Å²) in [4.78, 5) is 0. The van der Waals surface area contributed by atoms with Gasteiger partial charge in [-0.25, -0.2) is 0 Å². The second kappa shape index (κ2) is 10.2. The summed E-state index contributed by atoms with van der Waals surface area (Å²) in [5.74, 6) is 3.30. The van der Waals surface area contributed by atoms with Crippen LogP contribution in [0.5, 0.6) is 23.0 Å². The molecule has 3 aromatic carbocycles. The molecule has 0 aliphatic carbocycles. The van der Waals surface area contributed by atoms with Crippen LogP contribution < -0.4 is 23.4 Å². The second-order valence-corrected chi connectivity index (χ2v) is 8.69. The zero-order chi connectivity index (χ0) is 20.6. The van der Waals surface area contributed by atoms with Gasteiger partial charge in [0.2, 0.25) is 0 Å². The third kappa shape index (κ3) is 5.06. The van der Waals surface area contributed by atoms with Crippen LogP contribution in [-0.2, 0) is 0 Å². The van der Waals surface area contributed by atoms with Crippen molar-refractivity contribution < 1.29 is 18.9 Å². The van der Waals surface area contributed by atoms with Gasteiger partial charge >= 0.3 is 179 Å². The van der Waals surface area contributed by atoms with Crippen LogP contribution in [0.15, 0.2) is 66.7 Å². The molecule has 152 valence electrons. The Kier molecular flexibility index (Phi) is 7.45. The molecule has 0 bridgehead atoms. The topological polar surface area (TPSA) is 36.9 Å². The predicted molar refractivity (Wildman–Crippen MR) is 118 cm³/mol. The zero-order valence-corrected chi connectivity index (χ0v) is 18.9. The van der Waals surface area contributed by atoms with E-state index >= 15 is 0 Å². The third-order valence-corrected chi connectivity index (χ3v) is 7.10. The van der Waals surface area contributed by atoms with Gasteiger partial charge in [-0.15, -0.1) is 0 Å². The normalized spacial score (nSPS) is 11.6. The van der Waals surface area contributed by atoms with Gasteiger partial charge in [-0.2, -0.15) is 0 Å². The molecular weight excluding hydrogens is 431 g/mol. The van der Waals surface area contributed by atoms with Gasteiger partial charge in [0.15, 0.2) is 0 Å².